The summed E-state index contributed by atoms with van der Waals surface area (Å²) in [4.78, 5) is 7.27. The van der Waals surface area contributed by atoms with E-state index in [-0.39, 0.29) is 0 Å². The van der Waals surface area contributed by atoms with E-state index >= 15 is 0 Å². The van der Waals surface area contributed by atoms with Crippen molar-refractivity contribution in [2.75, 3.05) is 32.8 Å². The maximum Gasteiger partial charge on any atom is 0.194 e. The first-order valence-electron chi connectivity index (χ1n) is 9.93. The van der Waals surface area contributed by atoms with Crippen LogP contribution in [0.15, 0.2) is 47.7 Å². The summed E-state index contributed by atoms with van der Waals surface area (Å²) >= 11 is 0. The van der Waals surface area contributed by atoms with Crippen molar-refractivity contribution in [2.24, 2.45) is 10.4 Å². The van der Waals surface area contributed by atoms with Crippen LogP contribution >= 0.6 is 0 Å². The van der Waals surface area contributed by atoms with E-state index in [0.717, 1.165) is 50.9 Å². The summed E-state index contributed by atoms with van der Waals surface area (Å²) in [6, 6.07) is 10.4. The van der Waals surface area contributed by atoms with E-state index in [4.69, 9.17) is 9.73 Å². The topological polar surface area (TPSA) is 54.7 Å². The second kappa shape index (κ2) is 8.13. The van der Waals surface area contributed by atoms with Crippen LogP contribution in [0.3, 0.4) is 0 Å². The van der Waals surface area contributed by atoms with Gasteiger partial charge in [-0.2, -0.15) is 5.10 Å². The molecule has 2 fully saturated rings. The van der Waals surface area contributed by atoms with Gasteiger partial charge in [-0.3, -0.25) is 4.68 Å². The summed E-state index contributed by atoms with van der Waals surface area (Å²) < 4.78 is 7.63. The van der Waals surface area contributed by atoms with Gasteiger partial charge in [0.2, 0.25) is 0 Å². The average Bonchev–Trinajstić information content (AvgIpc) is 3.43. The zero-order chi connectivity index (χ0) is 18.5. The Morgan fingerprint density at radius 3 is 2.93 bits per heavy atom. The highest BCUT2D eigenvalue weighted by molar-refractivity contribution is 5.80. The molecule has 0 radical (unpaired) electrons. The largest absolute Gasteiger partial charge is 0.381 e. The number of guanidine groups is 1. The molecule has 4 rings (SSSR count). The molecule has 3 heterocycles. The minimum atomic E-state index is 0.344. The van der Waals surface area contributed by atoms with Crippen LogP contribution < -0.4 is 5.32 Å². The van der Waals surface area contributed by atoms with Crippen LogP contribution in [-0.4, -0.2) is 53.5 Å². The normalized spacial score (nSPS) is 22.7. The van der Waals surface area contributed by atoms with Crippen molar-refractivity contribution in [2.45, 2.75) is 32.9 Å². The maximum atomic E-state index is 5.65. The van der Waals surface area contributed by atoms with Crippen LogP contribution in [0.4, 0.5) is 0 Å². The van der Waals surface area contributed by atoms with E-state index in [1.165, 1.54) is 18.4 Å². The molecule has 2 saturated heterocycles. The van der Waals surface area contributed by atoms with Gasteiger partial charge in [0.1, 0.15) is 0 Å². The Bertz CT molecular complexity index is 764. The Kier molecular flexibility index (Phi) is 5.43. The highest BCUT2D eigenvalue weighted by Crippen LogP contribution is 2.38. The molecule has 1 unspecified atom stereocenters. The SMILES string of the molecule is CCNC(=NCc1cnn(Cc2ccccc2)c1)N1CCC2(CCOC2)C1. The van der Waals surface area contributed by atoms with Gasteiger partial charge >= 0.3 is 0 Å². The Hall–Kier alpha value is -2.34. The van der Waals surface area contributed by atoms with E-state index < -0.39 is 0 Å². The average molecular weight is 367 g/mol. The molecule has 0 bridgehead atoms. The van der Waals surface area contributed by atoms with Gasteiger partial charge in [0, 0.05) is 43.4 Å². The van der Waals surface area contributed by atoms with Crippen molar-refractivity contribution in [3.8, 4) is 0 Å². The number of ether oxygens (including phenoxy) is 1. The lowest BCUT2D eigenvalue weighted by Gasteiger charge is -2.24. The number of aromatic nitrogens is 2. The second-order valence-electron chi connectivity index (χ2n) is 7.68. The van der Waals surface area contributed by atoms with Crippen molar-refractivity contribution in [1.82, 2.24) is 20.0 Å². The summed E-state index contributed by atoms with van der Waals surface area (Å²) in [5.41, 5.74) is 2.74. The molecule has 27 heavy (non-hydrogen) atoms. The molecule has 144 valence electrons. The minimum Gasteiger partial charge on any atom is -0.381 e. The van der Waals surface area contributed by atoms with Gasteiger partial charge in [-0.1, -0.05) is 30.3 Å². The summed E-state index contributed by atoms with van der Waals surface area (Å²) in [7, 11) is 0. The first-order valence-corrected chi connectivity index (χ1v) is 9.93. The van der Waals surface area contributed by atoms with Crippen LogP contribution in [0.5, 0.6) is 0 Å². The van der Waals surface area contributed by atoms with Gasteiger partial charge in [0.05, 0.1) is 25.9 Å². The number of nitrogens with one attached hydrogen (secondary N) is 1. The third kappa shape index (κ3) is 4.33. The molecule has 1 N–H and O–H groups in total. The molecule has 6 heteroatoms. The molecule has 1 atom stereocenters. The number of nitrogens with zero attached hydrogens (tertiary/aromatic N) is 4. The van der Waals surface area contributed by atoms with Crippen LogP contribution in [-0.2, 0) is 17.8 Å². The van der Waals surface area contributed by atoms with Crippen LogP contribution in [0.1, 0.15) is 30.9 Å². The monoisotopic (exact) mass is 367 g/mol. The molecule has 1 aromatic heterocycles. The zero-order valence-corrected chi connectivity index (χ0v) is 16.1. The highest BCUT2D eigenvalue weighted by Gasteiger charge is 2.42. The Morgan fingerprint density at radius 2 is 2.15 bits per heavy atom. The molecule has 2 aliphatic heterocycles. The fraction of sp³-hybridized carbons (Fsp3) is 0.524. The van der Waals surface area contributed by atoms with E-state index in [2.05, 4.69) is 52.7 Å². The lowest BCUT2D eigenvalue weighted by molar-refractivity contribution is 0.156. The van der Waals surface area contributed by atoms with Crippen molar-refractivity contribution in [3.63, 3.8) is 0 Å². The lowest BCUT2D eigenvalue weighted by atomic mass is 9.87. The Balaban J connectivity index is 1.39. The molecule has 0 saturated carbocycles. The second-order valence-corrected chi connectivity index (χ2v) is 7.68. The van der Waals surface area contributed by atoms with Crippen LogP contribution in [0.2, 0.25) is 0 Å². The number of hydrogen-bond acceptors (Lipinski definition) is 3. The standard InChI is InChI=1S/C21H29N5O/c1-2-22-20(25-10-8-21(16-25)9-11-27-17-21)23-12-19-13-24-26(15-19)14-18-6-4-3-5-7-18/h3-7,13,15H,2,8-12,14,16-17H2,1H3,(H,22,23). The zero-order valence-electron chi connectivity index (χ0n) is 16.1. The summed E-state index contributed by atoms with van der Waals surface area (Å²) in [6.07, 6.45) is 6.39. The number of likely N-dealkylation sites (tertiary alicyclic amines) is 1. The van der Waals surface area contributed by atoms with Gasteiger partial charge in [0.25, 0.3) is 0 Å². The summed E-state index contributed by atoms with van der Waals surface area (Å²) in [5, 5.41) is 7.94. The van der Waals surface area contributed by atoms with Gasteiger partial charge in [0.15, 0.2) is 5.96 Å². The van der Waals surface area contributed by atoms with E-state index in [9.17, 15) is 0 Å². The Morgan fingerprint density at radius 1 is 1.26 bits per heavy atom. The lowest BCUT2D eigenvalue weighted by Crippen LogP contribution is -2.41. The molecule has 2 aliphatic rings. The number of rotatable bonds is 5. The van der Waals surface area contributed by atoms with Crippen molar-refractivity contribution >= 4 is 5.96 Å². The number of benzene rings is 1. The molecule has 2 aromatic rings. The third-order valence-electron chi connectivity index (χ3n) is 5.54. The molecular formula is C21H29N5O. The highest BCUT2D eigenvalue weighted by atomic mass is 16.5. The number of hydrogen-bond donors (Lipinski definition) is 1. The van der Waals surface area contributed by atoms with Crippen LogP contribution in [0.25, 0.3) is 0 Å². The van der Waals surface area contributed by atoms with Gasteiger partial charge in [-0.15, -0.1) is 0 Å². The molecule has 1 aromatic carbocycles. The molecule has 1 spiro atoms. The van der Waals surface area contributed by atoms with Crippen LogP contribution in [0, 0.1) is 5.41 Å². The van der Waals surface area contributed by atoms with Gasteiger partial charge < -0.3 is 15.0 Å². The smallest absolute Gasteiger partial charge is 0.194 e. The predicted octanol–water partition coefficient (Wildman–Crippen LogP) is 2.51. The molecule has 0 aliphatic carbocycles. The van der Waals surface area contributed by atoms with E-state index in [1.54, 1.807) is 0 Å². The fourth-order valence-corrected chi connectivity index (χ4v) is 4.02. The number of aliphatic imine (C=N–C) groups is 1. The van der Waals surface area contributed by atoms with Gasteiger partial charge in [-0.05, 0) is 25.3 Å². The molecular weight excluding hydrogens is 338 g/mol. The predicted molar refractivity (Wildman–Crippen MR) is 107 cm³/mol. The molecule has 0 amide bonds. The first kappa shape index (κ1) is 18.0. The Labute approximate surface area is 161 Å². The fourth-order valence-electron chi connectivity index (χ4n) is 4.02. The quantitative estimate of drug-likeness (QED) is 0.652. The maximum absolute atomic E-state index is 5.65. The van der Waals surface area contributed by atoms with E-state index in [1.807, 2.05) is 16.9 Å². The summed E-state index contributed by atoms with van der Waals surface area (Å²) in [6.45, 7) is 8.35. The van der Waals surface area contributed by atoms with Crippen molar-refractivity contribution < 1.29 is 4.74 Å². The first-order chi connectivity index (χ1) is 13.3. The minimum absolute atomic E-state index is 0.344. The van der Waals surface area contributed by atoms with Crippen molar-refractivity contribution in [1.29, 1.82) is 0 Å². The molecule has 6 nitrogen and oxygen atoms in total. The van der Waals surface area contributed by atoms with E-state index in [0.29, 0.717) is 12.0 Å². The van der Waals surface area contributed by atoms with Crippen molar-refractivity contribution in [3.05, 3.63) is 53.9 Å². The summed E-state index contributed by atoms with van der Waals surface area (Å²) in [5.74, 6) is 1.01. The van der Waals surface area contributed by atoms with Gasteiger partial charge in [-0.25, -0.2) is 4.99 Å². The third-order valence-corrected chi connectivity index (χ3v) is 5.54.